The zero-order valence-electron chi connectivity index (χ0n) is 22.4. The number of halogens is 3. The molecular weight excluding hydrogens is 583 g/mol. The number of nitrogens with two attached hydrogens (primary N) is 1. The third kappa shape index (κ3) is 6.22. The Morgan fingerprint density at radius 1 is 0.884 bits per heavy atom. The van der Waals surface area contributed by atoms with Crippen LogP contribution in [0.1, 0.15) is 21.5 Å². The molecule has 0 saturated carbocycles. The number of primary amides is 1. The second-order valence-corrected chi connectivity index (χ2v) is 11.4. The van der Waals surface area contributed by atoms with Crippen molar-refractivity contribution in [3.63, 3.8) is 0 Å². The van der Waals surface area contributed by atoms with Gasteiger partial charge in [-0.15, -0.1) is 0 Å². The van der Waals surface area contributed by atoms with Crippen LogP contribution in [0.2, 0.25) is 0 Å². The quantitative estimate of drug-likeness (QED) is 0.167. The predicted molar refractivity (Wildman–Crippen MR) is 158 cm³/mol. The summed E-state index contributed by atoms with van der Waals surface area (Å²) in [5.41, 5.74) is 8.25. The van der Waals surface area contributed by atoms with Crippen LogP contribution in [0.25, 0.3) is 16.7 Å². The Hall–Kier alpha value is -5.14. The highest BCUT2D eigenvalue weighted by atomic mass is 32.2. The molecule has 13 heteroatoms. The number of carbonyl (C=O) groups is 2. The SMILES string of the molecule is CNS(=O)(=O)c1ccc(NC=C2C(=O)Nc3cc(Nc4cccc(-c5ccc(C(F)(F)F)cc5C(N)=O)c4)ccc32)cc1. The summed E-state index contributed by atoms with van der Waals surface area (Å²) in [4.78, 5) is 24.8. The molecule has 0 unspecified atom stereocenters. The standard InChI is InChI=1S/C30H24F3N5O4S/c1-35-43(41,42)22-9-6-19(7-10-22)36-16-26-24-12-8-21(15-27(24)38-29(26)40)37-20-4-2-3-17(13-20)23-11-5-18(30(31,32)33)14-25(23)28(34)39/h2-16,35-37H,1H3,(H2,34,39)(H,38,40). The number of fused-ring (bicyclic) bond motifs is 1. The Morgan fingerprint density at radius 3 is 2.23 bits per heavy atom. The van der Waals surface area contributed by atoms with E-state index in [9.17, 15) is 31.2 Å². The Morgan fingerprint density at radius 2 is 1.56 bits per heavy atom. The summed E-state index contributed by atoms with van der Waals surface area (Å²) >= 11 is 0. The van der Waals surface area contributed by atoms with E-state index in [-0.39, 0.29) is 21.9 Å². The normalized spacial score (nSPS) is 13.9. The third-order valence-electron chi connectivity index (χ3n) is 6.69. The van der Waals surface area contributed by atoms with Gasteiger partial charge in [0.15, 0.2) is 0 Å². The minimum Gasteiger partial charge on any atom is -0.366 e. The molecule has 0 radical (unpaired) electrons. The molecule has 0 atom stereocenters. The zero-order chi connectivity index (χ0) is 30.9. The maximum absolute atomic E-state index is 13.2. The van der Waals surface area contributed by atoms with Gasteiger partial charge >= 0.3 is 6.18 Å². The van der Waals surface area contributed by atoms with E-state index < -0.39 is 27.7 Å². The van der Waals surface area contributed by atoms with Crippen molar-refractivity contribution in [2.45, 2.75) is 11.1 Å². The highest BCUT2D eigenvalue weighted by Crippen LogP contribution is 2.36. The molecule has 0 spiro atoms. The summed E-state index contributed by atoms with van der Waals surface area (Å²) in [5, 5.41) is 9.01. The Kier molecular flexibility index (Phi) is 7.69. The van der Waals surface area contributed by atoms with Crippen LogP contribution < -0.4 is 26.4 Å². The molecule has 0 aliphatic carbocycles. The van der Waals surface area contributed by atoms with Crippen LogP contribution in [0.5, 0.6) is 0 Å². The van der Waals surface area contributed by atoms with Gasteiger partial charge in [-0.3, -0.25) is 9.59 Å². The lowest BCUT2D eigenvalue weighted by atomic mass is 9.96. The van der Waals surface area contributed by atoms with Crippen LogP contribution in [-0.4, -0.2) is 27.3 Å². The first-order valence-electron chi connectivity index (χ1n) is 12.7. The number of rotatable bonds is 8. The topological polar surface area (TPSA) is 142 Å². The van der Waals surface area contributed by atoms with Gasteiger partial charge in [0, 0.05) is 34.4 Å². The van der Waals surface area contributed by atoms with Gasteiger partial charge < -0.3 is 21.7 Å². The smallest absolute Gasteiger partial charge is 0.366 e. The van der Waals surface area contributed by atoms with Crippen LogP contribution >= 0.6 is 0 Å². The van der Waals surface area contributed by atoms with Crippen LogP contribution in [0.4, 0.5) is 35.9 Å². The molecule has 9 nitrogen and oxygen atoms in total. The summed E-state index contributed by atoms with van der Waals surface area (Å²) in [5.74, 6) is -1.32. The molecule has 0 fully saturated rings. The fourth-order valence-corrected chi connectivity index (χ4v) is 5.26. The van der Waals surface area contributed by atoms with Crippen LogP contribution in [0, 0.1) is 0 Å². The first kappa shape index (κ1) is 29.4. The van der Waals surface area contributed by atoms with Gasteiger partial charge in [-0.2, -0.15) is 13.2 Å². The number of carbonyl (C=O) groups excluding carboxylic acids is 2. The van der Waals surface area contributed by atoms with Gasteiger partial charge in [0.05, 0.1) is 21.7 Å². The summed E-state index contributed by atoms with van der Waals surface area (Å²) in [6, 6.07) is 20.9. The average molecular weight is 608 g/mol. The van der Waals surface area contributed by atoms with Crippen LogP contribution in [0.15, 0.2) is 96.0 Å². The van der Waals surface area contributed by atoms with E-state index in [0.29, 0.717) is 39.4 Å². The van der Waals surface area contributed by atoms with E-state index in [1.165, 1.54) is 31.4 Å². The Balaban J connectivity index is 1.35. The van der Waals surface area contributed by atoms with E-state index in [1.807, 2.05) is 0 Å². The van der Waals surface area contributed by atoms with Crippen molar-refractivity contribution in [1.29, 1.82) is 0 Å². The summed E-state index contributed by atoms with van der Waals surface area (Å²) in [6.45, 7) is 0. The van der Waals surface area contributed by atoms with Crippen molar-refractivity contribution in [3.05, 3.63) is 108 Å². The van der Waals surface area contributed by atoms with Gasteiger partial charge in [-0.25, -0.2) is 13.1 Å². The summed E-state index contributed by atoms with van der Waals surface area (Å²) in [6.07, 6.45) is -3.09. The predicted octanol–water partition coefficient (Wildman–Crippen LogP) is 5.53. The second kappa shape index (κ2) is 11.3. The summed E-state index contributed by atoms with van der Waals surface area (Å²) < 4.78 is 65.6. The minimum atomic E-state index is -4.62. The lowest BCUT2D eigenvalue weighted by molar-refractivity contribution is -0.137. The molecule has 0 bridgehead atoms. The number of hydrogen-bond acceptors (Lipinski definition) is 6. The van der Waals surface area contributed by atoms with Crippen molar-refractivity contribution < 1.29 is 31.2 Å². The zero-order valence-corrected chi connectivity index (χ0v) is 23.2. The Labute approximate surface area is 244 Å². The number of amides is 2. The third-order valence-corrected chi connectivity index (χ3v) is 8.12. The average Bonchev–Trinajstić information content (AvgIpc) is 3.29. The van der Waals surface area contributed by atoms with Crippen molar-refractivity contribution in [1.82, 2.24) is 4.72 Å². The molecule has 2 amide bonds. The largest absolute Gasteiger partial charge is 0.416 e. The lowest BCUT2D eigenvalue weighted by Gasteiger charge is -2.14. The molecular formula is C30H24F3N5O4S. The molecule has 43 heavy (non-hydrogen) atoms. The highest BCUT2D eigenvalue weighted by Gasteiger charge is 2.31. The molecule has 1 aliphatic rings. The number of hydrogen-bond donors (Lipinski definition) is 5. The number of nitrogens with one attached hydrogen (secondary N) is 4. The second-order valence-electron chi connectivity index (χ2n) is 9.48. The molecule has 4 aromatic carbocycles. The maximum Gasteiger partial charge on any atom is 0.416 e. The van der Waals surface area contributed by atoms with E-state index in [0.717, 1.165) is 12.1 Å². The van der Waals surface area contributed by atoms with Crippen LogP contribution in [0.3, 0.4) is 0 Å². The van der Waals surface area contributed by atoms with Gasteiger partial charge in [-0.1, -0.05) is 18.2 Å². The molecule has 0 saturated heterocycles. The number of sulfonamides is 1. The van der Waals surface area contributed by atoms with Gasteiger partial charge in [0.1, 0.15) is 0 Å². The van der Waals surface area contributed by atoms with Crippen molar-refractivity contribution in [3.8, 4) is 11.1 Å². The molecule has 6 N–H and O–H groups in total. The number of alkyl halides is 3. The summed E-state index contributed by atoms with van der Waals surface area (Å²) in [7, 11) is -2.24. The Bertz CT molecular complexity index is 1890. The monoisotopic (exact) mass is 607 g/mol. The molecule has 4 aromatic rings. The molecule has 1 aliphatic heterocycles. The van der Waals surface area contributed by atoms with E-state index >= 15 is 0 Å². The fourth-order valence-electron chi connectivity index (χ4n) is 4.53. The molecule has 0 aromatic heterocycles. The highest BCUT2D eigenvalue weighted by molar-refractivity contribution is 7.89. The van der Waals surface area contributed by atoms with Crippen molar-refractivity contribution >= 4 is 50.2 Å². The van der Waals surface area contributed by atoms with E-state index in [4.69, 9.17) is 5.73 Å². The van der Waals surface area contributed by atoms with Gasteiger partial charge in [-0.05, 0) is 84.9 Å². The molecule has 220 valence electrons. The number of benzene rings is 4. The van der Waals surface area contributed by atoms with Gasteiger partial charge in [0.2, 0.25) is 15.9 Å². The van der Waals surface area contributed by atoms with E-state index in [1.54, 1.807) is 54.6 Å². The van der Waals surface area contributed by atoms with Gasteiger partial charge in [0.25, 0.3) is 5.91 Å². The van der Waals surface area contributed by atoms with Crippen molar-refractivity contribution in [2.24, 2.45) is 5.73 Å². The number of anilines is 4. The molecule has 5 rings (SSSR count). The minimum absolute atomic E-state index is 0.107. The van der Waals surface area contributed by atoms with Crippen LogP contribution in [-0.2, 0) is 21.0 Å². The molecule has 1 heterocycles. The lowest BCUT2D eigenvalue weighted by Crippen LogP contribution is -2.18. The first-order valence-corrected chi connectivity index (χ1v) is 14.2. The first-order chi connectivity index (χ1) is 20.4. The fraction of sp³-hybridized carbons (Fsp3) is 0.0667. The van der Waals surface area contributed by atoms with Crippen molar-refractivity contribution in [2.75, 3.05) is 23.0 Å². The maximum atomic E-state index is 13.2. The van der Waals surface area contributed by atoms with E-state index in [2.05, 4.69) is 20.7 Å².